The van der Waals surface area contributed by atoms with E-state index in [1.54, 1.807) is 0 Å². The lowest BCUT2D eigenvalue weighted by atomic mass is 10.2. The van der Waals surface area contributed by atoms with E-state index in [1.165, 1.54) is 32.4 Å². The van der Waals surface area contributed by atoms with Crippen molar-refractivity contribution in [3.05, 3.63) is 5.89 Å². The van der Waals surface area contributed by atoms with Gasteiger partial charge in [0.2, 0.25) is 5.89 Å². The van der Waals surface area contributed by atoms with E-state index in [4.69, 9.17) is 10.2 Å². The first kappa shape index (κ1) is 11.9. The van der Waals surface area contributed by atoms with Crippen molar-refractivity contribution in [3.63, 3.8) is 0 Å². The van der Waals surface area contributed by atoms with Crippen molar-refractivity contribution in [1.82, 2.24) is 15.1 Å². The Balaban J connectivity index is 1.70. The number of hydrogen-bond donors (Lipinski definition) is 1. The van der Waals surface area contributed by atoms with Crippen LogP contribution in [0.5, 0.6) is 0 Å². The molecule has 2 aliphatic heterocycles. The molecule has 1 aromatic heterocycles. The fraction of sp³-hybridized carbons (Fsp3) is 0.833. The molecule has 0 spiro atoms. The zero-order chi connectivity index (χ0) is 12.4. The number of fused-ring (bicyclic) bond motifs is 1. The molecule has 0 saturated carbocycles. The van der Waals surface area contributed by atoms with Crippen LogP contribution >= 0.6 is 0 Å². The molecule has 0 aromatic carbocycles. The zero-order valence-electron chi connectivity index (χ0n) is 10.7. The van der Waals surface area contributed by atoms with Crippen molar-refractivity contribution in [1.29, 1.82) is 0 Å². The predicted molar refractivity (Wildman–Crippen MR) is 68.5 cm³/mol. The molecule has 2 fully saturated rings. The maximum atomic E-state index is 5.67. The molecule has 6 heteroatoms. The van der Waals surface area contributed by atoms with Gasteiger partial charge in [0.15, 0.2) is 0 Å². The van der Waals surface area contributed by atoms with Gasteiger partial charge in [0.25, 0.3) is 0 Å². The van der Waals surface area contributed by atoms with Gasteiger partial charge in [-0.15, -0.1) is 5.10 Å². The second-order valence-electron chi connectivity index (χ2n) is 5.15. The van der Waals surface area contributed by atoms with Gasteiger partial charge < -0.3 is 15.1 Å². The van der Waals surface area contributed by atoms with E-state index in [0.717, 1.165) is 13.1 Å². The maximum absolute atomic E-state index is 5.67. The standard InChI is InChI=1S/C12H21N5O/c13-5-4-11-14-15-12(18-11)17-8-2-7-16-6-1-3-10(16)9-17/h10H,1-9,13H2. The Kier molecular flexibility index (Phi) is 3.47. The molecule has 0 amide bonds. The molecule has 18 heavy (non-hydrogen) atoms. The van der Waals surface area contributed by atoms with Gasteiger partial charge in [-0.05, 0) is 25.8 Å². The summed E-state index contributed by atoms with van der Waals surface area (Å²) in [6.45, 7) is 5.03. The van der Waals surface area contributed by atoms with Crippen molar-refractivity contribution >= 4 is 6.01 Å². The number of anilines is 1. The van der Waals surface area contributed by atoms with Crippen LogP contribution in [0.2, 0.25) is 0 Å². The van der Waals surface area contributed by atoms with Crippen LogP contribution in [-0.4, -0.2) is 53.9 Å². The van der Waals surface area contributed by atoms with Crippen LogP contribution < -0.4 is 10.6 Å². The molecule has 3 rings (SSSR count). The molecule has 1 unspecified atom stereocenters. The quantitative estimate of drug-likeness (QED) is 0.830. The average Bonchev–Trinajstić information content (AvgIpc) is 2.95. The molecule has 2 N–H and O–H groups in total. The Morgan fingerprint density at radius 2 is 2.11 bits per heavy atom. The number of nitrogens with two attached hydrogens (primary N) is 1. The largest absolute Gasteiger partial charge is 0.408 e. The first-order chi connectivity index (χ1) is 8.86. The smallest absolute Gasteiger partial charge is 0.318 e. The number of aromatic nitrogens is 2. The highest BCUT2D eigenvalue weighted by Gasteiger charge is 2.30. The summed E-state index contributed by atoms with van der Waals surface area (Å²) in [5.74, 6) is 0.653. The minimum Gasteiger partial charge on any atom is -0.408 e. The van der Waals surface area contributed by atoms with Gasteiger partial charge in [0.05, 0.1) is 0 Å². The van der Waals surface area contributed by atoms with Crippen LogP contribution in [0, 0.1) is 0 Å². The zero-order valence-corrected chi connectivity index (χ0v) is 10.7. The van der Waals surface area contributed by atoms with Crippen molar-refractivity contribution in [2.24, 2.45) is 5.73 Å². The summed E-state index contributed by atoms with van der Waals surface area (Å²) < 4.78 is 5.67. The van der Waals surface area contributed by atoms with Crippen LogP contribution in [0.4, 0.5) is 6.01 Å². The highest BCUT2D eigenvalue weighted by atomic mass is 16.4. The summed E-state index contributed by atoms with van der Waals surface area (Å²) in [7, 11) is 0. The maximum Gasteiger partial charge on any atom is 0.318 e. The Labute approximate surface area is 107 Å². The molecule has 0 radical (unpaired) electrons. The third-order valence-corrected chi connectivity index (χ3v) is 3.89. The number of hydrogen-bond acceptors (Lipinski definition) is 6. The third-order valence-electron chi connectivity index (χ3n) is 3.89. The summed E-state index contributed by atoms with van der Waals surface area (Å²) in [5.41, 5.74) is 5.50. The van der Waals surface area contributed by atoms with E-state index >= 15 is 0 Å². The fourth-order valence-electron chi connectivity index (χ4n) is 2.98. The lowest BCUT2D eigenvalue weighted by molar-refractivity contribution is 0.272. The number of nitrogens with zero attached hydrogens (tertiary/aromatic N) is 4. The molecule has 0 aliphatic carbocycles. The predicted octanol–water partition coefficient (Wildman–Crippen LogP) is 0.245. The van der Waals surface area contributed by atoms with Gasteiger partial charge in [-0.1, -0.05) is 5.10 Å². The van der Waals surface area contributed by atoms with Gasteiger partial charge in [-0.25, -0.2) is 0 Å². The van der Waals surface area contributed by atoms with E-state index < -0.39 is 0 Å². The summed E-state index contributed by atoms with van der Waals surface area (Å²) in [6, 6.07) is 1.34. The SMILES string of the molecule is NCCc1nnc(N2CCCN3CCCC3C2)o1. The lowest BCUT2D eigenvalue weighted by Gasteiger charge is -2.24. The molecule has 6 nitrogen and oxygen atoms in total. The highest BCUT2D eigenvalue weighted by molar-refractivity contribution is 5.25. The summed E-state index contributed by atoms with van der Waals surface area (Å²) in [6.07, 6.45) is 4.45. The average molecular weight is 251 g/mol. The van der Waals surface area contributed by atoms with Gasteiger partial charge in [-0.3, -0.25) is 4.90 Å². The molecule has 100 valence electrons. The third kappa shape index (κ3) is 2.35. The van der Waals surface area contributed by atoms with E-state index in [2.05, 4.69) is 20.0 Å². The Bertz CT molecular complexity index is 394. The second kappa shape index (κ2) is 5.24. The first-order valence-electron chi connectivity index (χ1n) is 6.88. The van der Waals surface area contributed by atoms with Crippen LogP contribution in [0.3, 0.4) is 0 Å². The molecule has 1 atom stereocenters. The molecular formula is C12H21N5O. The van der Waals surface area contributed by atoms with Crippen molar-refractivity contribution in [2.75, 3.05) is 37.6 Å². The molecule has 0 bridgehead atoms. The Hall–Kier alpha value is -1.14. The van der Waals surface area contributed by atoms with Crippen molar-refractivity contribution < 1.29 is 4.42 Å². The molecular weight excluding hydrogens is 230 g/mol. The Morgan fingerprint density at radius 3 is 3.00 bits per heavy atom. The second-order valence-corrected chi connectivity index (χ2v) is 5.15. The minimum absolute atomic E-state index is 0.554. The molecule has 2 saturated heterocycles. The summed E-state index contributed by atoms with van der Waals surface area (Å²) in [4.78, 5) is 4.83. The van der Waals surface area contributed by atoms with Gasteiger partial charge in [0, 0.05) is 38.6 Å². The van der Waals surface area contributed by atoms with E-state index in [1.807, 2.05) is 0 Å². The van der Waals surface area contributed by atoms with Gasteiger partial charge >= 0.3 is 6.01 Å². The van der Waals surface area contributed by atoms with Crippen LogP contribution in [0.15, 0.2) is 4.42 Å². The van der Waals surface area contributed by atoms with E-state index in [0.29, 0.717) is 30.9 Å². The summed E-state index contributed by atoms with van der Waals surface area (Å²) >= 11 is 0. The minimum atomic E-state index is 0.554. The van der Waals surface area contributed by atoms with E-state index in [9.17, 15) is 0 Å². The van der Waals surface area contributed by atoms with Gasteiger partial charge in [0.1, 0.15) is 0 Å². The van der Waals surface area contributed by atoms with Gasteiger partial charge in [-0.2, -0.15) is 0 Å². The molecule has 2 aliphatic rings. The van der Waals surface area contributed by atoms with E-state index in [-0.39, 0.29) is 0 Å². The fourth-order valence-corrected chi connectivity index (χ4v) is 2.98. The summed E-state index contributed by atoms with van der Waals surface area (Å²) in [5, 5.41) is 8.19. The molecule has 1 aromatic rings. The molecule has 3 heterocycles. The van der Waals surface area contributed by atoms with Crippen LogP contribution in [0.25, 0.3) is 0 Å². The first-order valence-corrected chi connectivity index (χ1v) is 6.88. The lowest BCUT2D eigenvalue weighted by Crippen LogP contribution is -2.36. The van der Waals surface area contributed by atoms with Crippen molar-refractivity contribution in [2.45, 2.75) is 31.7 Å². The highest BCUT2D eigenvalue weighted by Crippen LogP contribution is 2.24. The number of rotatable bonds is 3. The van der Waals surface area contributed by atoms with Crippen molar-refractivity contribution in [3.8, 4) is 0 Å². The Morgan fingerprint density at radius 1 is 1.22 bits per heavy atom. The topological polar surface area (TPSA) is 71.4 Å². The van der Waals surface area contributed by atoms with Crippen LogP contribution in [0.1, 0.15) is 25.2 Å². The van der Waals surface area contributed by atoms with Crippen LogP contribution in [-0.2, 0) is 6.42 Å². The normalized spacial score (nSPS) is 25.2. The monoisotopic (exact) mass is 251 g/mol.